The van der Waals surface area contributed by atoms with E-state index in [1.807, 2.05) is 12.1 Å². The maximum Gasteiger partial charge on any atom is 0.504 e. The molecule has 1 aliphatic heterocycles. The highest BCUT2D eigenvalue weighted by Gasteiger charge is 2.34. The normalized spacial score (nSPS) is 16.6. The van der Waals surface area contributed by atoms with Gasteiger partial charge in [0, 0.05) is 36.4 Å². The van der Waals surface area contributed by atoms with Gasteiger partial charge in [-0.25, -0.2) is 9.99 Å². The molecule has 0 saturated carbocycles. The quantitative estimate of drug-likeness (QED) is 0.167. The number of pyridine rings is 1. The summed E-state index contributed by atoms with van der Waals surface area (Å²) >= 11 is 0. The van der Waals surface area contributed by atoms with Crippen molar-refractivity contribution in [1.29, 1.82) is 0 Å². The van der Waals surface area contributed by atoms with Crippen molar-refractivity contribution < 1.29 is 31.1 Å². The number of hydrogen-bond acceptors (Lipinski definition) is 5. The lowest BCUT2D eigenvalue weighted by molar-refractivity contribution is -0.212. The van der Waals surface area contributed by atoms with Crippen molar-refractivity contribution in [2.75, 3.05) is 18.4 Å². The summed E-state index contributed by atoms with van der Waals surface area (Å²) < 4.78 is 79.3. The van der Waals surface area contributed by atoms with E-state index in [0.29, 0.717) is 36.7 Å². The number of benzene rings is 1. The van der Waals surface area contributed by atoms with Gasteiger partial charge in [0.2, 0.25) is 0 Å². The highest BCUT2D eigenvalue weighted by atomic mass is 19.4. The van der Waals surface area contributed by atoms with Crippen molar-refractivity contribution in [3.63, 3.8) is 0 Å². The molecule has 1 aromatic carbocycles. The average molecular weight is 599 g/mol. The van der Waals surface area contributed by atoms with Crippen LogP contribution in [0.1, 0.15) is 86.3 Å². The Labute approximate surface area is 240 Å². The number of piperidine rings is 1. The first kappa shape index (κ1) is 31.6. The summed E-state index contributed by atoms with van der Waals surface area (Å²) in [6, 6.07) is 6.04. The predicted octanol–water partition coefficient (Wildman–Crippen LogP) is 7.44. The topological polar surface area (TPSA) is 75.1 Å². The monoisotopic (exact) mass is 598 g/mol. The smallest absolute Gasteiger partial charge is 0.380 e. The van der Waals surface area contributed by atoms with E-state index < -0.39 is 24.1 Å². The van der Waals surface area contributed by atoms with E-state index >= 15 is 0 Å². The molecule has 0 unspecified atom stereocenters. The fourth-order valence-corrected chi connectivity index (χ4v) is 5.18. The first-order chi connectivity index (χ1) is 19.9. The Kier molecular flexibility index (Phi) is 10.3. The van der Waals surface area contributed by atoms with Gasteiger partial charge in [0.25, 0.3) is 5.91 Å². The molecule has 4 rings (SSSR count). The second-order valence-corrected chi connectivity index (χ2v) is 10.8. The minimum absolute atomic E-state index is 0.235. The highest BCUT2D eigenvalue weighted by Crippen LogP contribution is 2.34. The van der Waals surface area contributed by atoms with Gasteiger partial charge < -0.3 is 5.32 Å². The molecule has 0 bridgehead atoms. The number of anilines is 1. The van der Waals surface area contributed by atoms with Crippen molar-refractivity contribution in [3.8, 4) is 0 Å². The number of carbonyl (C=O) groups is 1. The molecule has 7 nitrogen and oxygen atoms in total. The summed E-state index contributed by atoms with van der Waals surface area (Å²) in [5.74, 6) is -0.755. The molecular weight excluding hydrogens is 562 g/mol. The zero-order valence-electron chi connectivity index (χ0n) is 23.5. The molecule has 0 aliphatic carbocycles. The van der Waals surface area contributed by atoms with Crippen LogP contribution in [0.5, 0.6) is 0 Å². The van der Waals surface area contributed by atoms with Crippen LogP contribution in [-0.2, 0) is 18.9 Å². The molecule has 1 atom stereocenters. The third kappa shape index (κ3) is 8.59. The van der Waals surface area contributed by atoms with Crippen LogP contribution in [0.25, 0.3) is 10.9 Å². The van der Waals surface area contributed by atoms with Gasteiger partial charge in [0.1, 0.15) is 5.69 Å². The zero-order chi connectivity index (χ0) is 30.3. The van der Waals surface area contributed by atoms with E-state index in [4.69, 9.17) is 0 Å². The Morgan fingerprint density at radius 2 is 1.76 bits per heavy atom. The van der Waals surface area contributed by atoms with Crippen molar-refractivity contribution in [3.05, 3.63) is 53.5 Å². The van der Waals surface area contributed by atoms with Crippen LogP contribution in [0.15, 0.2) is 36.7 Å². The number of hydrogen-bond donors (Lipinski definition) is 2. The number of amides is 1. The maximum absolute atomic E-state index is 13.7. The van der Waals surface area contributed by atoms with Crippen LogP contribution in [-0.4, -0.2) is 44.8 Å². The Morgan fingerprint density at radius 1 is 1.02 bits per heavy atom. The second-order valence-electron chi connectivity index (χ2n) is 10.8. The number of fused-ring (bicyclic) bond motifs is 1. The number of nitrogens with one attached hydrogen (secondary N) is 2. The number of aromatic nitrogens is 3. The Morgan fingerprint density at radius 3 is 2.45 bits per heavy atom. The van der Waals surface area contributed by atoms with Crippen LogP contribution in [0.4, 0.5) is 32.0 Å². The van der Waals surface area contributed by atoms with Gasteiger partial charge >= 0.3 is 12.5 Å². The van der Waals surface area contributed by atoms with Crippen molar-refractivity contribution in [1.82, 2.24) is 25.2 Å². The lowest BCUT2D eigenvalue weighted by Crippen LogP contribution is -2.51. The van der Waals surface area contributed by atoms with Crippen molar-refractivity contribution in [2.45, 2.75) is 89.7 Å². The molecule has 1 aliphatic rings. The molecule has 1 amide bonds. The van der Waals surface area contributed by atoms with Gasteiger partial charge in [-0.05, 0) is 49.4 Å². The Bertz CT molecular complexity index is 1340. The van der Waals surface area contributed by atoms with Gasteiger partial charge in [0.05, 0.1) is 17.3 Å². The van der Waals surface area contributed by atoms with E-state index in [1.54, 1.807) is 11.1 Å². The van der Waals surface area contributed by atoms with Crippen LogP contribution in [0.3, 0.4) is 0 Å². The minimum atomic E-state index is -4.74. The molecule has 1 saturated heterocycles. The summed E-state index contributed by atoms with van der Waals surface area (Å²) in [4.78, 5) is 16.4. The fraction of sp³-hybridized carbons (Fsp3) is 0.552. The Balaban J connectivity index is 1.45. The van der Waals surface area contributed by atoms with Crippen molar-refractivity contribution >= 4 is 22.5 Å². The number of unbranched alkanes of at least 4 members (excludes halogenated alkanes) is 6. The first-order valence-corrected chi connectivity index (χ1v) is 14.4. The van der Waals surface area contributed by atoms with Crippen molar-refractivity contribution in [2.24, 2.45) is 0 Å². The lowest BCUT2D eigenvalue weighted by atomic mass is 10.0. The average Bonchev–Trinajstić information content (AvgIpc) is 3.44. The summed E-state index contributed by atoms with van der Waals surface area (Å²) in [5, 5.41) is 8.54. The molecule has 1 fully saturated rings. The second kappa shape index (κ2) is 13.7. The summed E-state index contributed by atoms with van der Waals surface area (Å²) in [6.07, 6.45) is 2.24. The molecule has 2 aromatic heterocycles. The molecular formula is C29H36F6N6O. The fourth-order valence-electron chi connectivity index (χ4n) is 5.18. The van der Waals surface area contributed by atoms with E-state index in [0.717, 1.165) is 43.5 Å². The first-order valence-electron chi connectivity index (χ1n) is 14.4. The number of aryl methyl sites for hydroxylation is 1. The minimum Gasteiger partial charge on any atom is -0.380 e. The molecule has 2 N–H and O–H groups in total. The van der Waals surface area contributed by atoms with Gasteiger partial charge in [-0.2, -0.15) is 23.0 Å². The van der Waals surface area contributed by atoms with E-state index in [2.05, 4.69) is 27.7 Å². The lowest BCUT2D eigenvalue weighted by Gasteiger charge is -2.34. The highest BCUT2D eigenvalue weighted by molar-refractivity contribution is 5.93. The van der Waals surface area contributed by atoms with E-state index in [-0.39, 0.29) is 28.3 Å². The molecule has 230 valence electrons. The van der Waals surface area contributed by atoms with Crippen LogP contribution < -0.4 is 10.7 Å². The molecule has 13 heteroatoms. The third-order valence-corrected chi connectivity index (χ3v) is 7.38. The molecule has 3 heterocycles. The summed E-state index contributed by atoms with van der Waals surface area (Å²) in [5.41, 5.74) is 2.89. The number of nitrogens with zero attached hydrogens (tertiary/aromatic N) is 4. The number of carbonyl (C=O) groups excluding carboxylic acids is 1. The Hall–Kier alpha value is -3.35. The zero-order valence-corrected chi connectivity index (χ0v) is 23.5. The summed E-state index contributed by atoms with van der Waals surface area (Å²) in [6.45, 7) is 2.85. The van der Waals surface area contributed by atoms with Crippen LogP contribution in [0.2, 0.25) is 0 Å². The number of rotatable bonds is 12. The summed E-state index contributed by atoms with van der Waals surface area (Å²) in [7, 11) is 0. The SMILES string of the molecule is CCCCCCCCCc1ccc2nc(C(F)(F)F)cc(N[C@H]3CCCN(NC(=O)c4cnn(C(F)(F)F)c4)C3)c2c1. The van der Waals surface area contributed by atoms with Gasteiger partial charge in [0.15, 0.2) is 0 Å². The molecule has 0 radical (unpaired) electrons. The maximum atomic E-state index is 13.7. The van der Waals surface area contributed by atoms with Crippen LogP contribution in [0, 0.1) is 0 Å². The molecule has 3 aromatic rings. The predicted molar refractivity (Wildman–Crippen MR) is 148 cm³/mol. The van der Waals surface area contributed by atoms with Crippen LogP contribution >= 0.6 is 0 Å². The molecule has 42 heavy (non-hydrogen) atoms. The van der Waals surface area contributed by atoms with Gasteiger partial charge in [-0.1, -0.05) is 51.5 Å². The molecule has 0 spiro atoms. The van der Waals surface area contributed by atoms with E-state index in [1.165, 1.54) is 25.7 Å². The largest absolute Gasteiger partial charge is 0.504 e. The number of halogens is 6. The van der Waals surface area contributed by atoms with E-state index in [9.17, 15) is 31.1 Å². The standard InChI is InChI=1S/C29H36F6N6O/c1-2-3-4-5-6-7-8-10-20-12-13-24-23(15-20)25(16-26(38-24)28(30,31)32)37-22-11-9-14-40(19-22)39-27(42)21-17-36-41(18-21)29(33,34)35/h12-13,15-18,22H,2-11,14,19H2,1H3,(H,37,38)(H,39,42)/t22-/m0/s1. The number of alkyl halides is 6. The number of hydrazine groups is 1. The third-order valence-electron chi connectivity index (χ3n) is 7.38. The van der Waals surface area contributed by atoms with Gasteiger partial charge in [-0.3, -0.25) is 10.2 Å². The van der Waals surface area contributed by atoms with Gasteiger partial charge in [-0.15, -0.1) is 13.2 Å².